The van der Waals surface area contributed by atoms with E-state index >= 15 is 0 Å². The van der Waals surface area contributed by atoms with E-state index < -0.39 is 0 Å². The third-order valence-electron chi connectivity index (χ3n) is 4.31. The van der Waals surface area contributed by atoms with Gasteiger partial charge in [-0.15, -0.1) is 0 Å². The second kappa shape index (κ2) is 6.93. The number of nitrogens with one attached hydrogen (secondary N) is 1. The van der Waals surface area contributed by atoms with Crippen LogP contribution in [0.4, 0.5) is 0 Å². The maximum atomic E-state index is 12.7. The minimum Gasteiger partial charge on any atom is -0.344 e. The van der Waals surface area contributed by atoms with Crippen LogP contribution in [0.25, 0.3) is 0 Å². The molecule has 4 nitrogen and oxygen atoms in total. The predicted octanol–water partition coefficient (Wildman–Crippen LogP) is 2.19. The van der Waals surface area contributed by atoms with Gasteiger partial charge in [0.05, 0.1) is 0 Å². The molecule has 0 saturated carbocycles. The van der Waals surface area contributed by atoms with Crippen molar-refractivity contribution in [1.82, 2.24) is 14.8 Å². The molecule has 0 atom stereocenters. The number of carbonyl (C=O) groups excluding carboxylic acids is 1. The molecule has 1 saturated heterocycles. The van der Waals surface area contributed by atoms with E-state index in [2.05, 4.69) is 12.2 Å². The van der Waals surface area contributed by atoms with Crippen molar-refractivity contribution in [2.24, 2.45) is 13.0 Å². The van der Waals surface area contributed by atoms with Crippen LogP contribution >= 0.6 is 0 Å². The number of hydrogen-bond donors (Lipinski definition) is 1. The highest BCUT2D eigenvalue weighted by atomic mass is 16.2. The van der Waals surface area contributed by atoms with E-state index in [4.69, 9.17) is 0 Å². The second-order valence-corrected chi connectivity index (χ2v) is 5.86. The zero-order valence-electron chi connectivity index (χ0n) is 13.0. The number of amides is 1. The van der Waals surface area contributed by atoms with Crippen molar-refractivity contribution in [1.29, 1.82) is 0 Å². The lowest BCUT2D eigenvalue weighted by Gasteiger charge is -2.30. The third kappa shape index (κ3) is 3.42. The van der Waals surface area contributed by atoms with Gasteiger partial charge < -0.3 is 14.8 Å². The molecule has 0 unspecified atom stereocenters. The maximum absolute atomic E-state index is 12.7. The van der Waals surface area contributed by atoms with Crippen molar-refractivity contribution in [3.05, 3.63) is 23.5 Å². The fraction of sp³-hybridized carbons (Fsp3) is 0.688. The second-order valence-electron chi connectivity index (χ2n) is 5.86. The van der Waals surface area contributed by atoms with Crippen molar-refractivity contribution in [3.8, 4) is 0 Å². The molecule has 112 valence electrons. The molecule has 1 fully saturated rings. The van der Waals surface area contributed by atoms with E-state index in [0.29, 0.717) is 5.92 Å². The Bertz CT molecular complexity index is 447. The lowest BCUT2D eigenvalue weighted by molar-refractivity contribution is 0.0706. The summed E-state index contributed by atoms with van der Waals surface area (Å²) in [6, 6.07) is 3.96. The van der Waals surface area contributed by atoms with E-state index in [0.717, 1.165) is 44.0 Å². The molecule has 1 amide bonds. The number of aromatic nitrogens is 1. The van der Waals surface area contributed by atoms with Crippen molar-refractivity contribution in [2.75, 3.05) is 26.2 Å². The van der Waals surface area contributed by atoms with Gasteiger partial charge in [-0.05, 0) is 57.3 Å². The fourth-order valence-electron chi connectivity index (χ4n) is 2.91. The zero-order chi connectivity index (χ0) is 14.5. The highest BCUT2D eigenvalue weighted by molar-refractivity contribution is 5.93. The number of nitrogens with zero attached hydrogens (tertiary/aromatic N) is 2. The van der Waals surface area contributed by atoms with Crippen molar-refractivity contribution in [3.63, 3.8) is 0 Å². The van der Waals surface area contributed by atoms with Crippen LogP contribution in [0.3, 0.4) is 0 Å². The first-order valence-corrected chi connectivity index (χ1v) is 7.75. The minimum atomic E-state index is 0.181. The van der Waals surface area contributed by atoms with Crippen LogP contribution in [0.5, 0.6) is 0 Å². The normalized spacial score (nSPS) is 16.4. The Labute approximate surface area is 122 Å². The topological polar surface area (TPSA) is 37.3 Å². The van der Waals surface area contributed by atoms with Crippen LogP contribution in [0.2, 0.25) is 0 Å². The number of carbonyl (C=O) groups is 1. The minimum absolute atomic E-state index is 0.181. The average molecular weight is 277 g/mol. The van der Waals surface area contributed by atoms with Crippen molar-refractivity contribution in [2.45, 2.75) is 33.1 Å². The maximum Gasteiger partial charge on any atom is 0.270 e. The van der Waals surface area contributed by atoms with Gasteiger partial charge in [0.15, 0.2) is 0 Å². The van der Waals surface area contributed by atoms with E-state index in [1.807, 2.05) is 35.6 Å². The molecule has 4 heteroatoms. The molecule has 0 bridgehead atoms. The summed E-state index contributed by atoms with van der Waals surface area (Å²) in [6.07, 6.45) is 3.37. The first kappa shape index (κ1) is 15.1. The van der Waals surface area contributed by atoms with Gasteiger partial charge in [0.1, 0.15) is 5.69 Å². The molecule has 0 radical (unpaired) electrons. The van der Waals surface area contributed by atoms with E-state index in [1.165, 1.54) is 12.8 Å². The lowest BCUT2D eigenvalue weighted by Crippen LogP contribution is -2.40. The smallest absolute Gasteiger partial charge is 0.270 e. The zero-order valence-corrected chi connectivity index (χ0v) is 13.0. The summed E-state index contributed by atoms with van der Waals surface area (Å²) in [4.78, 5) is 14.8. The molecule has 0 aliphatic carbocycles. The first-order valence-electron chi connectivity index (χ1n) is 7.75. The summed E-state index contributed by atoms with van der Waals surface area (Å²) in [5.41, 5.74) is 1.94. The lowest BCUT2D eigenvalue weighted by atomic mass is 9.97. The Morgan fingerprint density at radius 3 is 2.65 bits per heavy atom. The van der Waals surface area contributed by atoms with Gasteiger partial charge >= 0.3 is 0 Å². The molecule has 1 aliphatic rings. The quantitative estimate of drug-likeness (QED) is 0.896. The molecule has 0 spiro atoms. The largest absolute Gasteiger partial charge is 0.344 e. The van der Waals surface area contributed by atoms with Crippen molar-refractivity contribution < 1.29 is 4.79 Å². The molecule has 0 aromatic carbocycles. The van der Waals surface area contributed by atoms with E-state index in [-0.39, 0.29) is 5.91 Å². The van der Waals surface area contributed by atoms with Gasteiger partial charge in [-0.2, -0.15) is 0 Å². The summed E-state index contributed by atoms with van der Waals surface area (Å²) >= 11 is 0. The summed E-state index contributed by atoms with van der Waals surface area (Å²) in [6.45, 7) is 8.10. The van der Waals surface area contributed by atoms with Crippen LogP contribution in [-0.2, 0) is 7.05 Å². The number of hydrogen-bond acceptors (Lipinski definition) is 2. The molecule has 20 heavy (non-hydrogen) atoms. The number of rotatable bonds is 5. The van der Waals surface area contributed by atoms with Gasteiger partial charge in [-0.1, -0.05) is 6.92 Å². The van der Waals surface area contributed by atoms with Crippen LogP contribution in [0.15, 0.2) is 12.1 Å². The molecule has 2 rings (SSSR count). The van der Waals surface area contributed by atoms with Gasteiger partial charge in [0.2, 0.25) is 0 Å². The molecular weight excluding hydrogens is 250 g/mol. The van der Waals surface area contributed by atoms with Crippen LogP contribution in [0.1, 0.15) is 42.4 Å². The molecule has 1 N–H and O–H groups in total. The van der Waals surface area contributed by atoms with Crippen LogP contribution in [-0.4, -0.2) is 41.6 Å². The Morgan fingerprint density at radius 2 is 2.10 bits per heavy atom. The van der Waals surface area contributed by atoms with Gasteiger partial charge in [0.25, 0.3) is 5.91 Å². The summed E-state index contributed by atoms with van der Waals surface area (Å²) in [7, 11) is 1.97. The Morgan fingerprint density at radius 1 is 1.40 bits per heavy atom. The average Bonchev–Trinajstić information content (AvgIpc) is 2.79. The molecule has 1 aliphatic heterocycles. The summed E-state index contributed by atoms with van der Waals surface area (Å²) < 4.78 is 1.99. The third-order valence-corrected chi connectivity index (χ3v) is 4.31. The number of piperidine rings is 1. The Balaban J connectivity index is 2.06. The molecular formula is C16H27N3O. The van der Waals surface area contributed by atoms with E-state index in [1.54, 1.807) is 0 Å². The molecule has 1 aromatic rings. The van der Waals surface area contributed by atoms with Crippen molar-refractivity contribution >= 4 is 5.91 Å². The molecule has 2 heterocycles. The highest BCUT2D eigenvalue weighted by Gasteiger charge is 2.22. The van der Waals surface area contributed by atoms with Gasteiger partial charge in [-0.3, -0.25) is 4.79 Å². The highest BCUT2D eigenvalue weighted by Crippen LogP contribution is 2.16. The Hall–Kier alpha value is -1.29. The SMILES string of the molecule is CCCN(CC1CCNCC1)C(=O)c1ccc(C)n1C. The van der Waals surface area contributed by atoms with Gasteiger partial charge in [0, 0.05) is 25.8 Å². The number of aryl methyl sites for hydroxylation is 1. The van der Waals surface area contributed by atoms with E-state index in [9.17, 15) is 4.79 Å². The monoisotopic (exact) mass is 277 g/mol. The summed E-state index contributed by atoms with van der Waals surface area (Å²) in [5, 5.41) is 3.39. The first-order chi connectivity index (χ1) is 9.63. The standard InChI is InChI=1S/C16H27N3O/c1-4-11-19(12-14-7-9-17-10-8-14)16(20)15-6-5-13(2)18(15)3/h5-6,14,17H,4,7-12H2,1-3H3. The molecule has 1 aromatic heterocycles. The summed E-state index contributed by atoms with van der Waals surface area (Å²) in [5.74, 6) is 0.828. The van der Waals surface area contributed by atoms with Crippen LogP contribution < -0.4 is 5.32 Å². The fourth-order valence-corrected chi connectivity index (χ4v) is 2.91. The van der Waals surface area contributed by atoms with Crippen LogP contribution in [0, 0.1) is 12.8 Å². The Kier molecular flexibility index (Phi) is 5.24. The predicted molar refractivity (Wildman–Crippen MR) is 81.9 cm³/mol. The van der Waals surface area contributed by atoms with Gasteiger partial charge in [-0.25, -0.2) is 0 Å².